The van der Waals surface area contributed by atoms with Gasteiger partial charge in [0.1, 0.15) is 36.3 Å². The van der Waals surface area contributed by atoms with Crippen LogP contribution < -0.4 is 69.5 Å². The molecule has 146 heavy (non-hydrogen) atoms. The number of Topliss-reactive ketones (excluding diaryl/α,β-unsaturated/α-hetero) is 3. The van der Waals surface area contributed by atoms with E-state index in [1.54, 1.807) is 19.6 Å². The third-order valence-electron chi connectivity index (χ3n) is 34.0. The van der Waals surface area contributed by atoms with Crippen molar-refractivity contribution >= 4 is 112 Å². The number of fused-ring (bicyclic) bond motifs is 3. The highest BCUT2D eigenvalue weighted by molar-refractivity contribution is 6.39. The van der Waals surface area contributed by atoms with Crippen LogP contribution in [0.2, 0.25) is 0 Å². The summed E-state index contributed by atoms with van der Waals surface area (Å²) in [5.74, 6) is -7.49. The second-order valence-corrected chi connectivity index (χ2v) is 50.0. The van der Waals surface area contributed by atoms with Crippen molar-refractivity contribution < 1.29 is 91.1 Å². The Bertz CT molecular complexity index is 4830. The van der Waals surface area contributed by atoms with Crippen molar-refractivity contribution in [2.45, 2.75) is 371 Å². The Hall–Kier alpha value is -10.6. The van der Waals surface area contributed by atoms with Gasteiger partial charge >= 0.3 is 24.1 Å². The molecule has 3 unspecified atom stereocenters. The van der Waals surface area contributed by atoms with Gasteiger partial charge in [0.05, 0.1) is 36.3 Å². The monoisotopic (exact) mass is 2040 g/mol. The average Bonchev–Trinajstić information content (AvgIpc) is 1.53. The highest BCUT2D eigenvalue weighted by Crippen LogP contribution is 2.67. The summed E-state index contributed by atoms with van der Waals surface area (Å²) in [7, 11) is 0. The maximum atomic E-state index is 14.6. The van der Waals surface area contributed by atoms with Crippen LogP contribution in [-0.4, -0.2) is 286 Å². The maximum absolute atomic E-state index is 14.6. The van der Waals surface area contributed by atoms with Crippen molar-refractivity contribution in [1.82, 2.24) is 93.2 Å². The summed E-state index contributed by atoms with van der Waals surface area (Å²) in [5, 5.41) is 34.5. The summed E-state index contributed by atoms with van der Waals surface area (Å²) in [6.45, 7) is 48.9. The molecule has 38 nitrogen and oxygen atoms in total. The zero-order valence-corrected chi connectivity index (χ0v) is 90.5. The topological polar surface area (TPSA) is 514 Å². The summed E-state index contributed by atoms with van der Waals surface area (Å²) in [4.78, 5) is 263. The van der Waals surface area contributed by atoms with E-state index >= 15 is 0 Å². The van der Waals surface area contributed by atoms with Gasteiger partial charge in [-0.2, -0.15) is 0 Å². The number of primary amides is 1. The molecule has 13 fully saturated rings. The number of urea groups is 4. The number of nitrogens with one attached hydrogen (secondary N) is 12. The Morgan fingerprint density at radius 3 is 1.16 bits per heavy atom. The van der Waals surface area contributed by atoms with Gasteiger partial charge in [-0.25, -0.2) is 19.2 Å². The first-order valence-electron chi connectivity index (χ1n) is 54.3. The lowest BCUT2D eigenvalue weighted by molar-refractivity contribution is -0.149. The summed E-state index contributed by atoms with van der Waals surface area (Å²) in [5.41, 5.74) is 2.83. The van der Waals surface area contributed by atoms with E-state index in [1.807, 2.05) is 94.9 Å². The fourth-order valence-corrected chi connectivity index (χ4v) is 23.7. The lowest BCUT2D eigenvalue weighted by atomic mass is 9.83. The number of hydrogen-bond donors (Lipinski definition) is 13. The molecule has 0 bridgehead atoms. The van der Waals surface area contributed by atoms with E-state index in [-0.39, 0.29) is 161 Å². The van der Waals surface area contributed by atoms with Gasteiger partial charge in [0, 0.05) is 91.3 Å². The first kappa shape index (κ1) is 116. The molecule has 0 aromatic carbocycles. The second kappa shape index (κ2) is 47.9. The van der Waals surface area contributed by atoms with E-state index in [9.17, 15) is 91.1 Å². The molecule has 6 aliphatic heterocycles. The fraction of sp³-hybridized carbons (Fsp3) is 0.787. The molecular formula is C108H173N19O19. The van der Waals surface area contributed by atoms with Gasteiger partial charge in [-0.1, -0.05) is 221 Å². The van der Waals surface area contributed by atoms with Crippen LogP contribution in [0.1, 0.15) is 298 Å². The molecule has 6 heterocycles. The van der Waals surface area contributed by atoms with Crippen molar-refractivity contribution in [2.75, 3.05) is 72.0 Å². The van der Waals surface area contributed by atoms with E-state index in [1.165, 1.54) is 17.1 Å². The number of amides is 20. The first-order chi connectivity index (χ1) is 68.4. The molecule has 13 rings (SSSR count). The molecule has 7 aliphatic carbocycles. The number of nitrogens with zero attached hydrogens (tertiary/aromatic N) is 6. The molecule has 13 aliphatic rings. The Labute approximate surface area is 863 Å². The predicted octanol–water partition coefficient (Wildman–Crippen LogP) is 7.87. The Morgan fingerprint density at radius 2 is 0.788 bits per heavy atom. The van der Waals surface area contributed by atoms with Crippen LogP contribution in [0.5, 0.6) is 0 Å². The van der Waals surface area contributed by atoms with E-state index in [4.69, 9.17) is 5.73 Å². The number of imide groups is 1. The summed E-state index contributed by atoms with van der Waals surface area (Å²) >= 11 is 0. The predicted molar refractivity (Wildman–Crippen MR) is 549 cm³/mol. The molecule has 14 N–H and O–H groups in total. The molecule has 0 aromatic heterocycles. The van der Waals surface area contributed by atoms with Crippen molar-refractivity contribution in [2.24, 2.45) is 103 Å². The molecule has 7 saturated carbocycles. The molecule has 6 saturated heterocycles. The Kier molecular flexibility index (Phi) is 38.0. The van der Waals surface area contributed by atoms with Crippen LogP contribution >= 0.6 is 0 Å². The van der Waals surface area contributed by atoms with Gasteiger partial charge in [0.15, 0.2) is 0 Å². The van der Waals surface area contributed by atoms with Gasteiger partial charge in [0.2, 0.25) is 70.5 Å². The number of likely N-dealkylation sites (tertiary alicyclic amines) is 5. The number of hydrogen-bond acceptors (Lipinski definition) is 19. The Balaban J connectivity index is 0.000000208. The number of carbonyl (C=O) groups is 19. The molecular weight excluding hydrogens is 1870 g/mol. The van der Waals surface area contributed by atoms with Gasteiger partial charge in [0.25, 0.3) is 17.7 Å². The van der Waals surface area contributed by atoms with E-state index in [2.05, 4.69) is 119 Å². The molecule has 20 amide bonds. The highest BCUT2D eigenvalue weighted by atomic mass is 16.2. The zero-order chi connectivity index (χ0) is 108. The molecule has 38 heteroatoms. The lowest BCUT2D eigenvalue weighted by Gasteiger charge is -2.40. The number of unbranched alkanes of at least 4 members (excludes halogenated alkanes) is 1. The minimum absolute atomic E-state index is 0.0372. The van der Waals surface area contributed by atoms with Crippen LogP contribution in [0.4, 0.5) is 19.2 Å². The zero-order valence-electron chi connectivity index (χ0n) is 90.5. The third kappa shape index (κ3) is 28.7. The van der Waals surface area contributed by atoms with Crippen molar-refractivity contribution in [1.29, 1.82) is 0 Å². The molecule has 0 spiro atoms. The minimum atomic E-state index is -1.10. The quantitative estimate of drug-likeness (QED) is 0.0158. The van der Waals surface area contributed by atoms with E-state index in [0.717, 1.165) is 116 Å². The SMILES string of the molecule is C=CCNC(=O)C(=O)C(CC1CC1)NC(=O)[C@@H]1[C@@H]2[C@H](CN1C(=O)[C@@H](NC(=O)N[C@H](CN1CCCNC1=O)C(C)(C)C)C(C)(C)C)C2(C)C.C=CCNC(=O)C(=O)C(CCCC)NC(=O)[C@@H]1[C@@H]2[C@H](CN1C(=O)[C@@H](NC(=O)N[C@H](CN1CCCCC1=O)C(C)(C)C)C1CCCCC1)C2(C)C.CC(C)(C)[C@@H](CN1C(=O)CCCC1=O)NC(=O)N[C@H](C(=O)N1C[C@H]2[C@@H]([C@H]1C(=O)NC(CC1CC1)C(=O)C(N)=O)C2(C)C)C1CCCCC1. The minimum Gasteiger partial charge on any atom is -0.363 e. The average molecular weight is 2040 g/mol. The first-order valence-corrected chi connectivity index (χ1v) is 54.3. The number of rotatable bonds is 40. The van der Waals surface area contributed by atoms with Crippen molar-refractivity contribution in [3.63, 3.8) is 0 Å². The van der Waals surface area contributed by atoms with Gasteiger partial charge < -0.3 is 94.0 Å². The second-order valence-electron chi connectivity index (χ2n) is 50.0. The lowest BCUT2D eigenvalue weighted by Crippen LogP contribution is -2.63. The molecule has 0 aromatic rings. The largest absolute Gasteiger partial charge is 0.363 e. The normalized spacial score (nSPS) is 25.8. The molecule has 814 valence electrons. The fourth-order valence-electron chi connectivity index (χ4n) is 23.7. The van der Waals surface area contributed by atoms with Gasteiger partial charge in [-0.05, 0) is 168 Å². The van der Waals surface area contributed by atoms with E-state index in [0.29, 0.717) is 90.9 Å². The Morgan fingerprint density at radius 1 is 0.418 bits per heavy atom. The van der Waals surface area contributed by atoms with E-state index < -0.39 is 154 Å². The van der Waals surface area contributed by atoms with Crippen LogP contribution in [-0.2, 0) is 71.9 Å². The highest BCUT2D eigenvalue weighted by Gasteiger charge is 2.73. The van der Waals surface area contributed by atoms with Crippen LogP contribution in [0.25, 0.3) is 0 Å². The smallest absolute Gasteiger partial charge is 0.317 e. The van der Waals surface area contributed by atoms with Crippen LogP contribution in [0, 0.1) is 97.1 Å². The molecule has 18 atom stereocenters. The summed E-state index contributed by atoms with van der Waals surface area (Å²) < 4.78 is 0. The number of nitrogens with two attached hydrogens (primary N) is 1. The van der Waals surface area contributed by atoms with Crippen molar-refractivity contribution in [3.8, 4) is 0 Å². The maximum Gasteiger partial charge on any atom is 0.317 e. The van der Waals surface area contributed by atoms with Gasteiger partial charge in [-0.15, -0.1) is 13.2 Å². The number of ketones is 3. The third-order valence-corrected chi connectivity index (χ3v) is 34.0. The number of carbonyl (C=O) groups excluding carboxylic acids is 19. The summed E-state index contributed by atoms with van der Waals surface area (Å²) in [6.07, 6.45) is 22.3. The summed E-state index contributed by atoms with van der Waals surface area (Å²) in [6, 6.07) is -11.3. The molecule has 0 radical (unpaired) electrons. The van der Waals surface area contributed by atoms with Gasteiger partial charge in [-0.3, -0.25) is 76.8 Å². The van der Waals surface area contributed by atoms with Crippen molar-refractivity contribution in [3.05, 3.63) is 25.3 Å². The standard InChI is InChI=1S/C38H62N6O6.C35H57N7O6.C35H54N6O7/c1-8-10-18-26(32(46)34(48)39-20-9-2)40-33(47)31-29-25(38(29,6)7)22-44(31)35(49)30(24-16-12-11-13-17-24)42-36(50)41-27(37(3,4)5)23-43-21-15-14-19-28(43)45;1-10-14-36-29(45)26(43)22(17-20-12-13-20)38-28(44)25-24-21(35(24,8)9)18-42(25)30(46)27(34(5,6)7)40-31(47)39-23(33(2,3)4)19-41-16-11-15-37-32(41)48;1-34(2,3)23(18-40-24(42)12-9-13-25(40)43)38-33(48)39-27(20-10-7-6-8-11-20)32(47)41-17-21-26(35(21,4)5)28(41)31(46)37-22(16-19-14-15-19)29(44)30(36)45/h9,24-27,29-31H,2,8,10-23H2,1,3-7H3,(H,39,48)(H,40,47)(H2,41,42,50);10,20-25,27H,1,11-19H2,2-9H3,(H,36,45)(H,37,48)(H,38,44)(H2,39,40,47);19-23,26-28H,6-18H2,1-5H3,(H2,36,45)(H,37,46)(H2,38,39,48)/t25-,26?,27+,29-,30-,31-;21-,22?,23+,24-,25-,27+;21-,22?,23+,26-,27-,28-/m000/s1. The van der Waals surface area contributed by atoms with Crippen LogP contribution in [0.3, 0.4) is 0 Å². The number of piperidine rings is 5. The van der Waals surface area contributed by atoms with Crippen LogP contribution in [0.15, 0.2) is 25.3 Å².